The molecule has 132 valence electrons. The Balaban J connectivity index is 1.52. The maximum absolute atomic E-state index is 12.6. The van der Waals surface area contributed by atoms with Crippen LogP contribution in [0.2, 0.25) is 0 Å². The van der Waals surface area contributed by atoms with Gasteiger partial charge < -0.3 is 13.9 Å². The molecule has 0 atom stereocenters. The van der Waals surface area contributed by atoms with Gasteiger partial charge in [-0.2, -0.15) is 0 Å². The molecule has 0 aliphatic rings. The molecule has 0 aliphatic heterocycles. The van der Waals surface area contributed by atoms with Gasteiger partial charge in [0.2, 0.25) is 12.3 Å². The molecule has 0 saturated carbocycles. The van der Waals surface area contributed by atoms with E-state index in [1.165, 1.54) is 6.39 Å². The fraction of sp³-hybridized carbons (Fsp3) is 0. The molecule has 0 saturated heterocycles. The van der Waals surface area contributed by atoms with Gasteiger partial charge in [-0.05, 0) is 48.5 Å². The number of carbonyl (C=O) groups excluding carboxylic acids is 1. The third-order valence-corrected chi connectivity index (χ3v) is 3.75. The van der Waals surface area contributed by atoms with Crippen molar-refractivity contribution < 1.29 is 18.7 Å². The van der Waals surface area contributed by atoms with Crippen molar-refractivity contribution in [2.45, 2.75) is 0 Å². The number of nitrogens with zero attached hydrogens (tertiary/aromatic N) is 2. The first-order chi connectivity index (χ1) is 13.3. The Labute approximate surface area is 155 Å². The summed E-state index contributed by atoms with van der Waals surface area (Å²) in [7, 11) is 0. The van der Waals surface area contributed by atoms with Crippen molar-refractivity contribution in [2.24, 2.45) is 0 Å². The number of hydrogen-bond acceptors (Lipinski definition) is 6. The van der Waals surface area contributed by atoms with E-state index in [-0.39, 0.29) is 0 Å². The van der Waals surface area contributed by atoms with Gasteiger partial charge in [0.25, 0.3) is 0 Å². The molecule has 4 rings (SSSR count). The molecule has 4 aromatic rings. The maximum atomic E-state index is 12.6. The van der Waals surface area contributed by atoms with Gasteiger partial charge in [-0.3, -0.25) is 0 Å². The van der Waals surface area contributed by atoms with E-state index in [9.17, 15) is 4.79 Å². The summed E-state index contributed by atoms with van der Waals surface area (Å²) < 4.78 is 16.4. The number of ether oxygens (including phenoxy) is 2. The third-order valence-electron chi connectivity index (χ3n) is 3.75. The third kappa shape index (κ3) is 3.85. The van der Waals surface area contributed by atoms with Gasteiger partial charge in [0.05, 0.1) is 0 Å². The predicted molar refractivity (Wildman–Crippen MR) is 97.7 cm³/mol. The minimum atomic E-state index is -0.507. The first kappa shape index (κ1) is 16.5. The molecule has 0 amide bonds. The minimum Gasteiger partial charge on any atom is -0.456 e. The van der Waals surface area contributed by atoms with E-state index in [1.807, 2.05) is 30.3 Å². The molecule has 6 nitrogen and oxygen atoms in total. The molecule has 0 fully saturated rings. The monoisotopic (exact) mass is 358 g/mol. The van der Waals surface area contributed by atoms with Gasteiger partial charge in [0.15, 0.2) is 0 Å². The highest BCUT2D eigenvalue weighted by Crippen LogP contribution is 2.27. The van der Waals surface area contributed by atoms with Crippen LogP contribution in [-0.4, -0.2) is 16.2 Å². The van der Waals surface area contributed by atoms with Crippen molar-refractivity contribution in [1.29, 1.82) is 0 Å². The first-order valence-corrected chi connectivity index (χ1v) is 8.20. The Bertz CT molecular complexity index is 1030. The smallest absolute Gasteiger partial charge is 0.347 e. The van der Waals surface area contributed by atoms with Crippen LogP contribution in [0.15, 0.2) is 89.7 Å². The number of rotatable bonds is 5. The number of aromatic nitrogens is 2. The van der Waals surface area contributed by atoms with Crippen LogP contribution in [0, 0.1) is 0 Å². The number of hydrogen-bond donors (Lipinski definition) is 0. The number of carbonyl (C=O) groups is 1. The topological polar surface area (TPSA) is 74.5 Å². The second-order valence-electron chi connectivity index (χ2n) is 5.57. The highest BCUT2D eigenvalue weighted by atomic mass is 16.5. The van der Waals surface area contributed by atoms with Crippen molar-refractivity contribution in [2.75, 3.05) is 0 Å². The van der Waals surface area contributed by atoms with Gasteiger partial charge in [0, 0.05) is 5.56 Å². The summed E-state index contributed by atoms with van der Waals surface area (Å²) in [6, 6.07) is 23.0. The van der Waals surface area contributed by atoms with Crippen LogP contribution in [0.25, 0.3) is 11.5 Å². The lowest BCUT2D eigenvalue weighted by atomic mass is 10.2. The van der Waals surface area contributed by atoms with Crippen LogP contribution >= 0.6 is 0 Å². The van der Waals surface area contributed by atoms with E-state index in [4.69, 9.17) is 13.9 Å². The van der Waals surface area contributed by atoms with Gasteiger partial charge in [0.1, 0.15) is 22.8 Å². The predicted octanol–water partition coefficient (Wildman–Crippen LogP) is 4.75. The quantitative estimate of drug-likeness (QED) is 0.379. The molecule has 3 aromatic carbocycles. The van der Waals surface area contributed by atoms with Crippen LogP contribution < -0.4 is 9.47 Å². The van der Waals surface area contributed by atoms with Gasteiger partial charge in [-0.1, -0.05) is 30.3 Å². The van der Waals surface area contributed by atoms with Crippen LogP contribution in [0.5, 0.6) is 17.2 Å². The maximum Gasteiger partial charge on any atom is 0.347 e. The molecule has 6 heteroatoms. The highest BCUT2D eigenvalue weighted by molar-refractivity contribution is 5.94. The van der Waals surface area contributed by atoms with Crippen molar-refractivity contribution >= 4 is 5.97 Å². The Morgan fingerprint density at radius 1 is 0.815 bits per heavy atom. The standard InChI is InChI=1S/C21H14N2O4/c24-21(27-17-12-10-15(11-13-17)20-23-22-14-25-20)18-8-4-5-9-19(18)26-16-6-2-1-3-7-16/h1-14H. The summed E-state index contributed by atoms with van der Waals surface area (Å²) in [6.45, 7) is 0. The summed E-state index contributed by atoms with van der Waals surface area (Å²) in [5.74, 6) is 1.36. The lowest BCUT2D eigenvalue weighted by Crippen LogP contribution is -2.09. The van der Waals surface area contributed by atoms with Crippen molar-refractivity contribution in [1.82, 2.24) is 10.2 Å². The molecule has 0 spiro atoms. The molecule has 0 radical (unpaired) electrons. The van der Waals surface area contributed by atoms with Crippen molar-refractivity contribution in [3.63, 3.8) is 0 Å². The Hall–Kier alpha value is -3.93. The summed E-state index contributed by atoms with van der Waals surface area (Å²) in [6.07, 6.45) is 1.26. The second kappa shape index (κ2) is 7.53. The fourth-order valence-electron chi connectivity index (χ4n) is 2.47. The molecular formula is C21H14N2O4. The molecular weight excluding hydrogens is 344 g/mol. The van der Waals surface area contributed by atoms with Crippen LogP contribution in [-0.2, 0) is 0 Å². The van der Waals surface area contributed by atoms with Gasteiger partial charge in [-0.25, -0.2) is 4.79 Å². The van der Waals surface area contributed by atoms with E-state index in [1.54, 1.807) is 48.5 Å². The number of para-hydroxylation sites is 2. The first-order valence-electron chi connectivity index (χ1n) is 8.20. The Morgan fingerprint density at radius 2 is 1.56 bits per heavy atom. The average molecular weight is 358 g/mol. The Kier molecular flexibility index (Phi) is 4.61. The van der Waals surface area contributed by atoms with E-state index in [2.05, 4.69) is 10.2 Å². The van der Waals surface area contributed by atoms with E-state index >= 15 is 0 Å². The molecule has 27 heavy (non-hydrogen) atoms. The molecule has 0 unspecified atom stereocenters. The summed E-state index contributed by atoms with van der Waals surface area (Å²) in [5, 5.41) is 7.47. The van der Waals surface area contributed by atoms with Crippen molar-refractivity contribution in [3.8, 4) is 28.7 Å². The molecule has 0 N–H and O–H groups in total. The van der Waals surface area contributed by atoms with Gasteiger partial charge >= 0.3 is 5.97 Å². The molecule has 0 bridgehead atoms. The number of esters is 1. The zero-order valence-corrected chi connectivity index (χ0v) is 14.1. The van der Waals surface area contributed by atoms with E-state index < -0.39 is 5.97 Å². The van der Waals surface area contributed by atoms with Gasteiger partial charge in [-0.15, -0.1) is 10.2 Å². The lowest BCUT2D eigenvalue weighted by Gasteiger charge is -2.11. The Morgan fingerprint density at radius 3 is 2.30 bits per heavy atom. The van der Waals surface area contributed by atoms with Crippen molar-refractivity contribution in [3.05, 3.63) is 90.8 Å². The second-order valence-corrected chi connectivity index (χ2v) is 5.57. The summed E-state index contributed by atoms with van der Waals surface area (Å²) in [4.78, 5) is 12.6. The molecule has 1 heterocycles. The largest absolute Gasteiger partial charge is 0.456 e. The zero-order valence-electron chi connectivity index (χ0n) is 14.1. The summed E-state index contributed by atoms with van der Waals surface area (Å²) >= 11 is 0. The SMILES string of the molecule is O=C(Oc1ccc(-c2nnco2)cc1)c1ccccc1Oc1ccccc1. The fourth-order valence-corrected chi connectivity index (χ4v) is 2.47. The van der Waals surface area contributed by atoms with E-state index in [0.29, 0.717) is 28.7 Å². The number of benzene rings is 3. The van der Waals surface area contributed by atoms with Crippen LogP contribution in [0.3, 0.4) is 0 Å². The zero-order chi connectivity index (χ0) is 18.5. The average Bonchev–Trinajstić information content (AvgIpc) is 3.25. The minimum absolute atomic E-state index is 0.335. The summed E-state index contributed by atoms with van der Waals surface area (Å²) in [5.41, 5.74) is 1.07. The lowest BCUT2D eigenvalue weighted by molar-refractivity contribution is 0.0732. The van der Waals surface area contributed by atoms with Crippen LogP contribution in [0.1, 0.15) is 10.4 Å². The van der Waals surface area contributed by atoms with E-state index in [0.717, 1.165) is 5.56 Å². The molecule has 1 aromatic heterocycles. The highest BCUT2D eigenvalue weighted by Gasteiger charge is 2.15. The van der Waals surface area contributed by atoms with Crippen LogP contribution in [0.4, 0.5) is 0 Å². The molecule has 0 aliphatic carbocycles. The normalized spacial score (nSPS) is 10.4.